The molecule has 0 aliphatic heterocycles. The van der Waals surface area contributed by atoms with E-state index in [-0.39, 0.29) is 11.0 Å². The average molecular weight is 457 g/mol. The summed E-state index contributed by atoms with van der Waals surface area (Å²) >= 11 is 5.38. The van der Waals surface area contributed by atoms with Crippen LogP contribution in [0.5, 0.6) is 11.5 Å². The van der Waals surface area contributed by atoms with Crippen LogP contribution in [-0.4, -0.2) is 24.2 Å². The molecule has 0 saturated heterocycles. The summed E-state index contributed by atoms with van der Waals surface area (Å²) in [6.07, 6.45) is 1.44. The molecule has 32 heavy (non-hydrogen) atoms. The number of hydrogen-bond acceptors (Lipinski definition) is 4. The molecule has 0 atom stereocenters. The topological polar surface area (TPSA) is 59.6 Å². The van der Waals surface area contributed by atoms with Crippen LogP contribution < -0.4 is 20.1 Å². The molecule has 0 bridgehead atoms. The van der Waals surface area contributed by atoms with E-state index in [1.165, 1.54) is 5.56 Å². The molecule has 0 spiro atoms. The largest absolute Gasteiger partial charge is 0.493 e. The van der Waals surface area contributed by atoms with Gasteiger partial charge in [0, 0.05) is 5.41 Å². The predicted molar refractivity (Wildman–Crippen MR) is 136 cm³/mol. The maximum absolute atomic E-state index is 12.8. The van der Waals surface area contributed by atoms with Crippen LogP contribution in [0.3, 0.4) is 0 Å². The molecule has 0 aromatic heterocycles. The Labute approximate surface area is 197 Å². The van der Waals surface area contributed by atoms with Crippen molar-refractivity contribution < 1.29 is 14.3 Å². The summed E-state index contributed by atoms with van der Waals surface area (Å²) < 4.78 is 11.8. The number of benzene rings is 2. The van der Waals surface area contributed by atoms with E-state index in [2.05, 4.69) is 36.6 Å². The molecular weight excluding hydrogens is 420 g/mol. The molecule has 0 aliphatic carbocycles. The number of aryl methyl sites for hydroxylation is 2. The number of anilines is 1. The van der Waals surface area contributed by atoms with Gasteiger partial charge in [0.2, 0.25) is 5.91 Å². The van der Waals surface area contributed by atoms with Gasteiger partial charge in [0.1, 0.15) is 11.5 Å². The number of carbonyl (C=O) groups excluding carboxylic acids is 1. The third kappa shape index (κ3) is 8.15. The van der Waals surface area contributed by atoms with Gasteiger partial charge < -0.3 is 20.1 Å². The van der Waals surface area contributed by atoms with Gasteiger partial charge in [0.15, 0.2) is 5.11 Å². The van der Waals surface area contributed by atoms with Crippen molar-refractivity contribution >= 4 is 28.9 Å². The summed E-state index contributed by atoms with van der Waals surface area (Å²) in [4.78, 5) is 12.8. The molecule has 0 heterocycles. The second-order valence-corrected chi connectivity index (χ2v) is 9.62. The van der Waals surface area contributed by atoms with Crippen LogP contribution in [-0.2, 0) is 4.79 Å². The van der Waals surface area contributed by atoms with Crippen molar-refractivity contribution in [2.75, 3.05) is 18.5 Å². The first-order valence-electron chi connectivity index (χ1n) is 11.1. The highest BCUT2D eigenvalue weighted by Gasteiger charge is 2.28. The fourth-order valence-electron chi connectivity index (χ4n) is 3.05. The number of amides is 1. The molecule has 0 radical (unpaired) electrons. The molecule has 2 N–H and O–H groups in total. The van der Waals surface area contributed by atoms with Gasteiger partial charge in [-0.15, -0.1) is 0 Å². The lowest BCUT2D eigenvalue weighted by Gasteiger charge is -2.24. The summed E-state index contributed by atoms with van der Waals surface area (Å²) in [7, 11) is 0. The van der Waals surface area contributed by atoms with E-state index in [1.807, 2.05) is 58.0 Å². The zero-order valence-electron chi connectivity index (χ0n) is 20.1. The van der Waals surface area contributed by atoms with Crippen LogP contribution in [0, 0.1) is 25.2 Å². The lowest BCUT2D eigenvalue weighted by atomic mass is 9.87. The molecule has 0 saturated carbocycles. The highest BCUT2D eigenvalue weighted by molar-refractivity contribution is 7.80. The van der Waals surface area contributed by atoms with Crippen molar-refractivity contribution in [2.24, 2.45) is 11.3 Å². The molecule has 5 nitrogen and oxygen atoms in total. The zero-order chi connectivity index (χ0) is 23.7. The van der Waals surface area contributed by atoms with Crippen LogP contribution in [0.25, 0.3) is 0 Å². The summed E-state index contributed by atoms with van der Waals surface area (Å²) in [5, 5.41) is 6.17. The second kappa shape index (κ2) is 11.9. The van der Waals surface area contributed by atoms with Crippen molar-refractivity contribution in [3.8, 4) is 11.5 Å². The van der Waals surface area contributed by atoms with E-state index < -0.39 is 5.41 Å². The van der Waals surface area contributed by atoms with Crippen molar-refractivity contribution in [1.29, 1.82) is 0 Å². The highest BCUT2D eigenvalue weighted by Crippen LogP contribution is 2.26. The number of carbonyl (C=O) groups is 1. The van der Waals surface area contributed by atoms with Crippen molar-refractivity contribution in [2.45, 2.75) is 54.4 Å². The van der Waals surface area contributed by atoms with Gasteiger partial charge in [-0.05, 0) is 74.2 Å². The van der Waals surface area contributed by atoms with Crippen LogP contribution in [0.4, 0.5) is 5.69 Å². The van der Waals surface area contributed by atoms with Crippen LogP contribution in [0.15, 0.2) is 42.5 Å². The summed E-state index contributed by atoms with van der Waals surface area (Å²) in [6.45, 7) is 13.3. The first-order chi connectivity index (χ1) is 15.1. The number of hydrogen-bond donors (Lipinski definition) is 2. The Bertz CT molecular complexity index is 925. The molecule has 174 valence electrons. The summed E-state index contributed by atoms with van der Waals surface area (Å²) in [5.41, 5.74) is 2.44. The Balaban J connectivity index is 1.84. The standard InChI is InChI=1S/C26H36N2O3S/c1-18(2)17-31-22-11-8-7-10-21(22)27-25(32)28-24(29)26(5,6)14-9-15-30-23-16-19(3)12-13-20(23)4/h7-8,10-13,16,18H,9,14-15,17H2,1-6H3,(H2,27,28,29,32). The number of rotatable bonds is 10. The Morgan fingerprint density at radius 1 is 1.06 bits per heavy atom. The SMILES string of the molecule is Cc1ccc(C)c(OCCCC(C)(C)C(=O)NC(=S)Nc2ccccc2OCC(C)C)c1. The Morgan fingerprint density at radius 2 is 1.78 bits per heavy atom. The number of ether oxygens (including phenoxy) is 2. The number of nitrogens with one attached hydrogen (secondary N) is 2. The molecular formula is C26H36N2O3S. The normalized spacial score (nSPS) is 11.2. The van der Waals surface area contributed by atoms with Crippen molar-refractivity contribution in [3.63, 3.8) is 0 Å². The first-order valence-corrected chi connectivity index (χ1v) is 11.5. The van der Waals surface area contributed by atoms with Gasteiger partial charge >= 0.3 is 0 Å². The smallest absolute Gasteiger partial charge is 0.231 e. The van der Waals surface area contributed by atoms with Crippen LogP contribution in [0.1, 0.15) is 51.7 Å². The third-order valence-electron chi connectivity index (χ3n) is 5.10. The first kappa shape index (κ1) is 25.7. The van der Waals surface area contributed by atoms with Gasteiger partial charge in [-0.2, -0.15) is 0 Å². The summed E-state index contributed by atoms with van der Waals surface area (Å²) in [6, 6.07) is 13.7. The Morgan fingerprint density at radius 3 is 2.50 bits per heavy atom. The average Bonchev–Trinajstić information content (AvgIpc) is 2.72. The minimum Gasteiger partial charge on any atom is -0.493 e. The molecule has 2 rings (SSSR count). The van der Waals surface area contributed by atoms with E-state index >= 15 is 0 Å². The monoisotopic (exact) mass is 456 g/mol. The van der Waals surface area contributed by atoms with Gasteiger partial charge in [0.05, 0.1) is 18.9 Å². The number of para-hydroxylation sites is 2. The fraction of sp³-hybridized carbons (Fsp3) is 0.462. The molecule has 2 aromatic carbocycles. The quantitative estimate of drug-likeness (QED) is 0.337. The molecule has 2 aromatic rings. The van der Waals surface area contributed by atoms with Crippen molar-refractivity contribution in [1.82, 2.24) is 5.32 Å². The fourth-order valence-corrected chi connectivity index (χ4v) is 3.25. The van der Waals surface area contributed by atoms with Crippen molar-refractivity contribution in [3.05, 3.63) is 53.6 Å². The minimum absolute atomic E-state index is 0.123. The lowest BCUT2D eigenvalue weighted by molar-refractivity contribution is -0.128. The van der Waals surface area contributed by atoms with Gasteiger partial charge in [0.25, 0.3) is 0 Å². The highest BCUT2D eigenvalue weighted by atomic mass is 32.1. The Hall–Kier alpha value is -2.60. The van der Waals surface area contributed by atoms with E-state index in [9.17, 15) is 4.79 Å². The van der Waals surface area contributed by atoms with Gasteiger partial charge in [-0.3, -0.25) is 4.79 Å². The molecule has 0 aliphatic rings. The van der Waals surface area contributed by atoms with Crippen LogP contribution in [0.2, 0.25) is 0 Å². The molecule has 1 amide bonds. The summed E-state index contributed by atoms with van der Waals surface area (Å²) in [5.74, 6) is 1.90. The maximum Gasteiger partial charge on any atom is 0.231 e. The zero-order valence-corrected chi connectivity index (χ0v) is 20.9. The van der Waals surface area contributed by atoms with Gasteiger partial charge in [-0.1, -0.05) is 52.0 Å². The van der Waals surface area contributed by atoms with E-state index in [4.69, 9.17) is 21.7 Å². The third-order valence-corrected chi connectivity index (χ3v) is 5.30. The molecule has 6 heteroatoms. The van der Waals surface area contributed by atoms with E-state index in [0.717, 1.165) is 23.4 Å². The van der Waals surface area contributed by atoms with Crippen LogP contribution >= 0.6 is 12.2 Å². The predicted octanol–water partition coefficient (Wildman–Crippen LogP) is 6.04. The second-order valence-electron chi connectivity index (χ2n) is 9.21. The Kier molecular flexibility index (Phi) is 9.51. The molecule has 0 unspecified atom stereocenters. The van der Waals surface area contributed by atoms with Gasteiger partial charge in [-0.25, -0.2) is 0 Å². The molecule has 0 fully saturated rings. The minimum atomic E-state index is -0.579. The van der Waals surface area contributed by atoms with E-state index in [0.29, 0.717) is 31.3 Å². The maximum atomic E-state index is 12.8. The van der Waals surface area contributed by atoms with E-state index in [1.54, 1.807) is 0 Å². The number of thiocarbonyl (C=S) groups is 1. The lowest BCUT2D eigenvalue weighted by Crippen LogP contribution is -2.42.